The fraction of sp³-hybridized carbons (Fsp3) is 0.125. The smallest absolute Gasteiger partial charge is 0.128 e. The van der Waals surface area contributed by atoms with Crippen LogP contribution in [0.1, 0.15) is 0 Å². The molecule has 3 rings (SSSR count). The molecular weight excluding hydrogens is 238 g/mol. The van der Waals surface area contributed by atoms with E-state index in [1.165, 1.54) is 5.39 Å². The van der Waals surface area contributed by atoms with Crippen LogP contribution in [0, 0.1) is 0 Å². The molecule has 0 bridgehead atoms. The van der Waals surface area contributed by atoms with Crippen LogP contribution in [-0.4, -0.2) is 19.2 Å². The zero-order valence-electron chi connectivity index (χ0n) is 10.9. The highest BCUT2D eigenvalue weighted by Crippen LogP contribution is 2.34. The number of hydrogen-bond acceptors (Lipinski definition) is 2. The Morgan fingerprint density at radius 2 is 1.74 bits per heavy atom. The number of methoxy groups -OCH3 is 2. The Morgan fingerprint density at radius 1 is 0.895 bits per heavy atom. The molecule has 3 nitrogen and oxygen atoms in total. The van der Waals surface area contributed by atoms with E-state index in [1.54, 1.807) is 14.2 Å². The molecule has 3 aromatic rings. The first-order valence-corrected chi connectivity index (χ1v) is 6.12. The Balaban J connectivity index is 2.19. The molecule has 1 heterocycles. The number of aromatic amines is 1. The molecule has 96 valence electrons. The molecule has 0 spiro atoms. The normalized spacial score (nSPS) is 10.6. The van der Waals surface area contributed by atoms with Gasteiger partial charge in [0.2, 0.25) is 0 Å². The number of nitrogens with one attached hydrogen (secondary N) is 1. The van der Waals surface area contributed by atoms with Gasteiger partial charge in [0.05, 0.1) is 19.9 Å². The average molecular weight is 253 g/mol. The number of hydrogen-bond donors (Lipinski definition) is 1. The van der Waals surface area contributed by atoms with Crippen molar-refractivity contribution in [1.82, 2.24) is 4.98 Å². The molecule has 0 aliphatic heterocycles. The quantitative estimate of drug-likeness (QED) is 0.769. The van der Waals surface area contributed by atoms with Crippen molar-refractivity contribution in [2.45, 2.75) is 0 Å². The van der Waals surface area contributed by atoms with E-state index in [-0.39, 0.29) is 0 Å². The van der Waals surface area contributed by atoms with E-state index in [9.17, 15) is 0 Å². The molecular formula is C16H15NO2. The highest BCUT2D eigenvalue weighted by atomic mass is 16.5. The Morgan fingerprint density at radius 3 is 2.47 bits per heavy atom. The molecule has 0 fully saturated rings. The van der Waals surface area contributed by atoms with E-state index in [4.69, 9.17) is 9.47 Å². The van der Waals surface area contributed by atoms with Gasteiger partial charge in [0, 0.05) is 16.5 Å². The Hall–Kier alpha value is -2.42. The maximum atomic E-state index is 5.42. The minimum Gasteiger partial charge on any atom is -0.497 e. The van der Waals surface area contributed by atoms with Gasteiger partial charge in [0.1, 0.15) is 11.5 Å². The van der Waals surface area contributed by atoms with Crippen LogP contribution >= 0.6 is 0 Å². The third-order valence-corrected chi connectivity index (χ3v) is 3.23. The molecule has 1 aromatic heterocycles. The fourth-order valence-corrected chi connectivity index (χ4v) is 2.24. The third kappa shape index (κ3) is 2.03. The maximum absolute atomic E-state index is 5.42. The summed E-state index contributed by atoms with van der Waals surface area (Å²) in [4.78, 5) is 3.40. The minimum absolute atomic E-state index is 0.814. The first-order chi connectivity index (χ1) is 9.31. The first kappa shape index (κ1) is 11.7. The summed E-state index contributed by atoms with van der Waals surface area (Å²) in [7, 11) is 3.34. The summed E-state index contributed by atoms with van der Waals surface area (Å²) >= 11 is 0. The zero-order chi connectivity index (χ0) is 13.2. The van der Waals surface area contributed by atoms with Gasteiger partial charge in [-0.05, 0) is 30.3 Å². The van der Waals surface area contributed by atoms with E-state index in [0.29, 0.717) is 0 Å². The van der Waals surface area contributed by atoms with E-state index in [1.807, 2.05) is 30.3 Å². The first-order valence-electron chi connectivity index (χ1n) is 6.12. The maximum Gasteiger partial charge on any atom is 0.128 e. The molecule has 2 aromatic carbocycles. The SMILES string of the molecule is COc1ccc(OC)c(-c2cc3ccccc3[nH]2)c1. The zero-order valence-corrected chi connectivity index (χ0v) is 10.9. The van der Waals surface area contributed by atoms with Gasteiger partial charge in [-0.25, -0.2) is 0 Å². The molecule has 0 unspecified atom stereocenters. The van der Waals surface area contributed by atoms with E-state index < -0.39 is 0 Å². The van der Waals surface area contributed by atoms with Crippen LogP contribution in [-0.2, 0) is 0 Å². The van der Waals surface area contributed by atoms with Gasteiger partial charge >= 0.3 is 0 Å². The summed E-state index contributed by atoms with van der Waals surface area (Å²) in [6.45, 7) is 0. The Kier molecular flexibility index (Phi) is 2.88. The standard InChI is InChI=1S/C16H15NO2/c1-18-12-7-8-16(19-2)13(10-12)15-9-11-5-3-4-6-14(11)17-15/h3-10,17H,1-2H3. The molecule has 0 aliphatic carbocycles. The molecule has 1 N–H and O–H groups in total. The number of aromatic nitrogens is 1. The van der Waals surface area contributed by atoms with Crippen LogP contribution in [0.25, 0.3) is 22.2 Å². The summed E-state index contributed by atoms with van der Waals surface area (Å²) in [5.41, 5.74) is 3.14. The van der Waals surface area contributed by atoms with Crippen LogP contribution in [0.2, 0.25) is 0 Å². The van der Waals surface area contributed by atoms with Crippen molar-refractivity contribution in [2.24, 2.45) is 0 Å². The van der Waals surface area contributed by atoms with Gasteiger partial charge in [-0.3, -0.25) is 0 Å². The third-order valence-electron chi connectivity index (χ3n) is 3.23. The van der Waals surface area contributed by atoms with Gasteiger partial charge in [0.15, 0.2) is 0 Å². The van der Waals surface area contributed by atoms with Crippen molar-refractivity contribution in [1.29, 1.82) is 0 Å². The monoisotopic (exact) mass is 253 g/mol. The number of rotatable bonds is 3. The topological polar surface area (TPSA) is 34.2 Å². The van der Waals surface area contributed by atoms with Gasteiger partial charge in [-0.1, -0.05) is 18.2 Å². The van der Waals surface area contributed by atoms with Gasteiger partial charge in [0.25, 0.3) is 0 Å². The number of H-pyrrole nitrogens is 1. The second-order valence-corrected chi connectivity index (χ2v) is 4.34. The van der Waals surface area contributed by atoms with Gasteiger partial charge in [-0.15, -0.1) is 0 Å². The summed E-state index contributed by atoms with van der Waals surface area (Å²) < 4.78 is 10.7. The number of fused-ring (bicyclic) bond motifs is 1. The predicted molar refractivity (Wildman–Crippen MR) is 76.8 cm³/mol. The van der Waals surface area contributed by atoms with Crippen molar-refractivity contribution in [3.8, 4) is 22.8 Å². The van der Waals surface area contributed by atoms with Crippen LogP contribution in [0.15, 0.2) is 48.5 Å². The molecule has 0 saturated carbocycles. The van der Waals surface area contributed by atoms with Crippen molar-refractivity contribution < 1.29 is 9.47 Å². The largest absolute Gasteiger partial charge is 0.497 e. The summed E-state index contributed by atoms with van der Waals surface area (Å²) in [6, 6.07) is 16.1. The molecule has 19 heavy (non-hydrogen) atoms. The molecule has 0 atom stereocenters. The van der Waals surface area contributed by atoms with Crippen molar-refractivity contribution in [3.05, 3.63) is 48.5 Å². The Bertz CT molecular complexity index is 683. The highest BCUT2D eigenvalue weighted by molar-refractivity contribution is 5.87. The second kappa shape index (κ2) is 4.69. The van der Waals surface area contributed by atoms with E-state index >= 15 is 0 Å². The average Bonchev–Trinajstić information content (AvgIpc) is 2.90. The van der Waals surface area contributed by atoms with Gasteiger partial charge in [-0.2, -0.15) is 0 Å². The van der Waals surface area contributed by atoms with Crippen LogP contribution < -0.4 is 9.47 Å². The van der Waals surface area contributed by atoms with E-state index in [0.717, 1.165) is 28.3 Å². The fourth-order valence-electron chi connectivity index (χ4n) is 2.24. The predicted octanol–water partition coefficient (Wildman–Crippen LogP) is 3.85. The lowest BCUT2D eigenvalue weighted by Gasteiger charge is -2.09. The van der Waals surface area contributed by atoms with Crippen LogP contribution in [0.4, 0.5) is 0 Å². The molecule has 0 aliphatic rings. The summed E-state index contributed by atoms with van der Waals surface area (Å²) in [5, 5.41) is 1.18. The second-order valence-electron chi connectivity index (χ2n) is 4.34. The van der Waals surface area contributed by atoms with Crippen molar-refractivity contribution in [2.75, 3.05) is 14.2 Å². The number of ether oxygens (including phenoxy) is 2. The lowest BCUT2D eigenvalue weighted by Crippen LogP contribution is -1.90. The summed E-state index contributed by atoms with van der Waals surface area (Å²) in [6.07, 6.45) is 0. The van der Waals surface area contributed by atoms with Gasteiger partial charge < -0.3 is 14.5 Å². The molecule has 0 saturated heterocycles. The molecule has 3 heteroatoms. The lowest BCUT2D eigenvalue weighted by molar-refractivity contribution is 0.404. The molecule has 0 radical (unpaired) electrons. The molecule has 0 amide bonds. The highest BCUT2D eigenvalue weighted by Gasteiger charge is 2.10. The number of benzene rings is 2. The van der Waals surface area contributed by atoms with E-state index in [2.05, 4.69) is 23.2 Å². The van der Waals surface area contributed by atoms with Crippen molar-refractivity contribution in [3.63, 3.8) is 0 Å². The number of para-hydroxylation sites is 1. The van der Waals surface area contributed by atoms with Crippen LogP contribution in [0.5, 0.6) is 11.5 Å². The summed E-state index contributed by atoms with van der Waals surface area (Å²) in [5.74, 6) is 1.64. The Labute approximate surface area is 111 Å². The lowest BCUT2D eigenvalue weighted by atomic mass is 10.1. The van der Waals surface area contributed by atoms with Crippen molar-refractivity contribution >= 4 is 10.9 Å². The van der Waals surface area contributed by atoms with Crippen LogP contribution in [0.3, 0.4) is 0 Å². The minimum atomic E-state index is 0.814.